The van der Waals surface area contributed by atoms with Crippen molar-refractivity contribution in [3.63, 3.8) is 0 Å². The first-order chi connectivity index (χ1) is 9.79. The van der Waals surface area contributed by atoms with Crippen molar-refractivity contribution < 1.29 is 4.79 Å². The summed E-state index contributed by atoms with van der Waals surface area (Å²) in [5.74, 6) is -0.0820. The fraction of sp³-hybridized carbons (Fsp3) is 0.600. The Balaban J connectivity index is 1.59. The zero-order valence-electron chi connectivity index (χ0n) is 12.2. The smallest absolute Gasteiger partial charge is 0.269 e. The summed E-state index contributed by atoms with van der Waals surface area (Å²) in [7, 11) is 0. The summed E-state index contributed by atoms with van der Waals surface area (Å²) in [6, 6.07) is 5.38. The highest BCUT2D eigenvalue weighted by Gasteiger charge is 2.14. The van der Waals surface area contributed by atoms with E-state index in [0.717, 1.165) is 45.7 Å². The van der Waals surface area contributed by atoms with Crippen LogP contribution < -0.4 is 5.32 Å². The summed E-state index contributed by atoms with van der Waals surface area (Å²) in [6.45, 7) is 9.73. The van der Waals surface area contributed by atoms with Gasteiger partial charge in [0, 0.05) is 38.9 Å². The van der Waals surface area contributed by atoms with E-state index in [1.54, 1.807) is 12.3 Å². The van der Waals surface area contributed by atoms with Crippen molar-refractivity contribution >= 4 is 5.91 Å². The maximum atomic E-state index is 11.8. The number of nitrogens with one attached hydrogen (secondary N) is 1. The van der Waals surface area contributed by atoms with Crippen molar-refractivity contribution in [2.45, 2.75) is 13.3 Å². The molecule has 0 spiro atoms. The van der Waals surface area contributed by atoms with Gasteiger partial charge in [0.05, 0.1) is 0 Å². The van der Waals surface area contributed by atoms with E-state index in [1.807, 2.05) is 12.1 Å². The van der Waals surface area contributed by atoms with E-state index in [-0.39, 0.29) is 5.91 Å². The molecule has 1 aliphatic heterocycles. The first-order valence-electron chi connectivity index (χ1n) is 7.43. The second-order valence-electron chi connectivity index (χ2n) is 5.10. The second kappa shape index (κ2) is 7.97. The number of nitrogens with zero attached hydrogens (tertiary/aromatic N) is 3. The molecule has 1 saturated heterocycles. The van der Waals surface area contributed by atoms with Gasteiger partial charge in [0.1, 0.15) is 5.69 Å². The summed E-state index contributed by atoms with van der Waals surface area (Å²) in [6.07, 6.45) is 2.63. The third-order valence-corrected chi connectivity index (χ3v) is 3.75. The molecule has 0 radical (unpaired) electrons. The average molecular weight is 276 g/mol. The first-order valence-corrected chi connectivity index (χ1v) is 7.43. The number of aromatic nitrogens is 1. The van der Waals surface area contributed by atoms with Crippen LogP contribution >= 0.6 is 0 Å². The van der Waals surface area contributed by atoms with Crippen LogP contribution in [0.1, 0.15) is 23.8 Å². The van der Waals surface area contributed by atoms with Gasteiger partial charge in [-0.15, -0.1) is 0 Å². The van der Waals surface area contributed by atoms with Crippen LogP contribution in [-0.2, 0) is 0 Å². The SMILES string of the molecule is CCN1CCN(CCCNC(=O)c2ccccn2)CC1. The number of carbonyl (C=O) groups excluding carboxylic acids is 1. The zero-order valence-corrected chi connectivity index (χ0v) is 12.2. The molecule has 5 heteroatoms. The number of likely N-dealkylation sites (N-methyl/N-ethyl adjacent to an activating group) is 1. The molecule has 0 aromatic carbocycles. The third-order valence-electron chi connectivity index (χ3n) is 3.75. The molecule has 2 rings (SSSR count). The van der Waals surface area contributed by atoms with Crippen LogP contribution in [0, 0.1) is 0 Å². The lowest BCUT2D eigenvalue weighted by atomic mass is 10.3. The molecule has 20 heavy (non-hydrogen) atoms. The van der Waals surface area contributed by atoms with Crippen LogP contribution in [0.25, 0.3) is 0 Å². The predicted molar refractivity (Wildman–Crippen MR) is 79.7 cm³/mol. The first kappa shape index (κ1) is 14.9. The highest BCUT2D eigenvalue weighted by Crippen LogP contribution is 2.01. The van der Waals surface area contributed by atoms with E-state index in [4.69, 9.17) is 0 Å². The molecular formula is C15H24N4O. The van der Waals surface area contributed by atoms with Gasteiger partial charge in [-0.1, -0.05) is 13.0 Å². The number of carbonyl (C=O) groups is 1. The number of hydrogen-bond donors (Lipinski definition) is 1. The molecule has 1 aromatic rings. The van der Waals surface area contributed by atoms with Crippen molar-refractivity contribution in [1.82, 2.24) is 20.1 Å². The Kier molecular flexibility index (Phi) is 5.95. The minimum absolute atomic E-state index is 0.0820. The van der Waals surface area contributed by atoms with Gasteiger partial charge in [0.2, 0.25) is 0 Å². The van der Waals surface area contributed by atoms with E-state index < -0.39 is 0 Å². The average Bonchev–Trinajstić information content (AvgIpc) is 2.53. The summed E-state index contributed by atoms with van der Waals surface area (Å²) < 4.78 is 0. The van der Waals surface area contributed by atoms with Crippen molar-refractivity contribution in [2.24, 2.45) is 0 Å². The summed E-state index contributed by atoms with van der Waals surface area (Å²) in [4.78, 5) is 20.8. The Morgan fingerprint density at radius 3 is 2.65 bits per heavy atom. The molecule has 0 aliphatic carbocycles. The predicted octanol–water partition coefficient (Wildman–Crippen LogP) is 0.839. The molecule has 2 heterocycles. The zero-order chi connectivity index (χ0) is 14.2. The lowest BCUT2D eigenvalue weighted by Crippen LogP contribution is -2.46. The largest absolute Gasteiger partial charge is 0.351 e. The highest BCUT2D eigenvalue weighted by atomic mass is 16.1. The van der Waals surface area contributed by atoms with Gasteiger partial charge < -0.3 is 15.1 Å². The van der Waals surface area contributed by atoms with Crippen LogP contribution in [0.5, 0.6) is 0 Å². The molecule has 1 N–H and O–H groups in total. The van der Waals surface area contributed by atoms with Gasteiger partial charge >= 0.3 is 0 Å². The van der Waals surface area contributed by atoms with Crippen LogP contribution in [0.15, 0.2) is 24.4 Å². The quantitative estimate of drug-likeness (QED) is 0.782. The maximum Gasteiger partial charge on any atom is 0.269 e. The fourth-order valence-electron chi connectivity index (χ4n) is 2.42. The molecule has 0 bridgehead atoms. The Morgan fingerprint density at radius 2 is 2.00 bits per heavy atom. The molecule has 1 aliphatic rings. The highest BCUT2D eigenvalue weighted by molar-refractivity contribution is 5.92. The maximum absolute atomic E-state index is 11.8. The van der Waals surface area contributed by atoms with Crippen LogP contribution in [-0.4, -0.2) is 66.5 Å². The number of piperazine rings is 1. The number of amides is 1. The molecule has 0 saturated carbocycles. The van der Waals surface area contributed by atoms with E-state index in [0.29, 0.717) is 12.2 Å². The Bertz CT molecular complexity index is 402. The number of rotatable bonds is 6. The van der Waals surface area contributed by atoms with Gasteiger partial charge in [-0.2, -0.15) is 0 Å². The van der Waals surface area contributed by atoms with E-state index in [1.165, 1.54) is 0 Å². The van der Waals surface area contributed by atoms with E-state index >= 15 is 0 Å². The number of pyridine rings is 1. The van der Waals surface area contributed by atoms with Crippen molar-refractivity contribution in [2.75, 3.05) is 45.8 Å². The Labute approximate surface area is 121 Å². The topological polar surface area (TPSA) is 48.5 Å². The van der Waals surface area contributed by atoms with Crippen LogP contribution in [0.3, 0.4) is 0 Å². The Morgan fingerprint density at radius 1 is 1.25 bits per heavy atom. The standard InChI is InChI=1S/C15H24N4O/c1-2-18-10-12-19(13-11-18)9-5-8-17-15(20)14-6-3-4-7-16-14/h3-4,6-7H,2,5,8-13H2,1H3,(H,17,20). The third kappa shape index (κ3) is 4.58. The molecule has 1 amide bonds. The number of hydrogen-bond acceptors (Lipinski definition) is 4. The van der Waals surface area contributed by atoms with Gasteiger partial charge in [-0.25, -0.2) is 0 Å². The van der Waals surface area contributed by atoms with E-state index in [9.17, 15) is 4.79 Å². The molecule has 1 fully saturated rings. The van der Waals surface area contributed by atoms with Crippen molar-refractivity contribution in [3.8, 4) is 0 Å². The molecule has 5 nitrogen and oxygen atoms in total. The monoisotopic (exact) mass is 276 g/mol. The molecule has 110 valence electrons. The van der Waals surface area contributed by atoms with Crippen LogP contribution in [0.2, 0.25) is 0 Å². The van der Waals surface area contributed by atoms with Gasteiger partial charge in [0.25, 0.3) is 5.91 Å². The van der Waals surface area contributed by atoms with Gasteiger partial charge in [0.15, 0.2) is 0 Å². The second-order valence-corrected chi connectivity index (χ2v) is 5.10. The summed E-state index contributed by atoms with van der Waals surface area (Å²) in [5.41, 5.74) is 0.490. The van der Waals surface area contributed by atoms with Gasteiger partial charge in [-0.05, 0) is 31.6 Å². The minimum Gasteiger partial charge on any atom is -0.351 e. The molecule has 1 aromatic heterocycles. The molecular weight excluding hydrogens is 252 g/mol. The van der Waals surface area contributed by atoms with E-state index in [2.05, 4.69) is 27.0 Å². The van der Waals surface area contributed by atoms with Crippen molar-refractivity contribution in [3.05, 3.63) is 30.1 Å². The fourth-order valence-corrected chi connectivity index (χ4v) is 2.42. The molecule has 0 unspecified atom stereocenters. The Hall–Kier alpha value is -1.46. The lowest BCUT2D eigenvalue weighted by Gasteiger charge is -2.33. The normalized spacial score (nSPS) is 17.1. The van der Waals surface area contributed by atoms with Crippen LogP contribution in [0.4, 0.5) is 0 Å². The molecule has 0 atom stereocenters. The lowest BCUT2D eigenvalue weighted by molar-refractivity contribution is 0.0943. The van der Waals surface area contributed by atoms with Gasteiger partial charge in [-0.3, -0.25) is 9.78 Å². The summed E-state index contributed by atoms with van der Waals surface area (Å²) in [5, 5.41) is 2.92. The summed E-state index contributed by atoms with van der Waals surface area (Å²) >= 11 is 0. The van der Waals surface area contributed by atoms with Crippen molar-refractivity contribution in [1.29, 1.82) is 0 Å². The minimum atomic E-state index is -0.0820.